The van der Waals surface area contributed by atoms with Crippen LogP contribution in [0.25, 0.3) is 22.5 Å². The van der Waals surface area contributed by atoms with Gasteiger partial charge in [0.1, 0.15) is 17.5 Å². The number of aromatic nitrogens is 5. The molecule has 2 N–H and O–H groups in total. The number of H-pyrrole nitrogens is 1. The number of tetrazole rings is 1. The molecule has 1 aliphatic carbocycles. The van der Waals surface area contributed by atoms with Gasteiger partial charge in [-0.3, -0.25) is 0 Å². The fourth-order valence-electron chi connectivity index (χ4n) is 2.63. The Morgan fingerprint density at radius 1 is 1.19 bits per heavy atom. The number of pyridine rings is 1. The number of hydrogen-bond donors (Lipinski definition) is 2. The number of aromatic amines is 1. The number of benzene rings is 1. The van der Waals surface area contributed by atoms with Crippen molar-refractivity contribution in [2.45, 2.75) is 18.4 Å². The fraction of sp³-hybridized carbons (Fsp3) is 0.294. The number of hydrogen-bond acceptors (Lipinski definition) is 6. The summed E-state index contributed by atoms with van der Waals surface area (Å²) >= 11 is 6.28. The number of ether oxygens (including phenoxy) is 1. The third kappa shape index (κ3) is 4.68. The zero-order valence-electron chi connectivity index (χ0n) is 14.5. The van der Waals surface area contributed by atoms with E-state index in [2.05, 4.69) is 30.9 Å². The minimum absolute atomic E-state index is 0. The van der Waals surface area contributed by atoms with E-state index >= 15 is 0 Å². The number of likely N-dealkylation sites (N-methyl/N-ethyl adjacent to an activating group) is 1. The molecule has 0 radical (unpaired) electrons. The van der Waals surface area contributed by atoms with Crippen molar-refractivity contribution in [2.75, 3.05) is 13.7 Å². The summed E-state index contributed by atoms with van der Waals surface area (Å²) in [6, 6.07) is 9.67. The maximum Gasteiger partial charge on any atom is 0.204 e. The monoisotopic (exact) mass is 428 g/mol. The van der Waals surface area contributed by atoms with Gasteiger partial charge in [0.2, 0.25) is 5.82 Å². The van der Waals surface area contributed by atoms with Crippen LogP contribution in [0, 0.1) is 0 Å². The van der Waals surface area contributed by atoms with E-state index in [4.69, 9.17) is 16.3 Å². The van der Waals surface area contributed by atoms with E-state index in [0.717, 1.165) is 29.5 Å². The van der Waals surface area contributed by atoms with Gasteiger partial charge in [-0.25, -0.2) is 4.98 Å². The van der Waals surface area contributed by atoms with Crippen LogP contribution in [0.3, 0.4) is 0 Å². The lowest BCUT2D eigenvalue weighted by atomic mass is 10.1. The van der Waals surface area contributed by atoms with Gasteiger partial charge in [0, 0.05) is 11.1 Å². The quantitative estimate of drug-likeness (QED) is 0.583. The van der Waals surface area contributed by atoms with Crippen molar-refractivity contribution < 1.29 is 4.74 Å². The Hall–Kier alpha value is -1.93. The van der Waals surface area contributed by atoms with Gasteiger partial charge in [-0.05, 0) is 36.7 Å². The highest BCUT2D eigenvalue weighted by atomic mass is 35.5. The lowest BCUT2D eigenvalue weighted by Gasteiger charge is -2.15. The average molecular weight is 430 g/mol. The molecule has 4 rings (SSSR count). The molecule has 1 saturated carbocycles. The summed E-state index contributed by atoms with van der Waals surface area (Å²) in [7, 11) is 1.97. The van der Waals surface area contributed by atoms with Crippen LogP contribution in [0.5, 0.6) is 5.75 Å². The number of nitrogens with zero attached hydrogens (tertiary/aromatic N) is 4. The third-order valence-electron chi connectivity index (χ3n) is 4.51. The van der Waals surface area contributed by atoms with Crippen molar-refractivity contribution in [3.05, 3.63) is 41.7 Å². The Morgan fingerprint density at radius 2 is 1.89 bits per heavy atom. The van der Waals surface area contributed by atoms with Crippen LogP contribution in [0.2, 0.25) is 5.15 Å². The molecule has 0 unspecified atom stereocenters. The predicted octanol–water partition coefficient (Wildman–Crippen LogP) is 3.56. The molecular formula is C17H19Cl3N6O. The first-order valence-corrected chi connectivity index (χ1v) is 8.38. The number of nitrogens with one attached hydrogen (secondary N) is 2. The van der Waals surface area contributed by atoms with Crippen LogP contribution >= 0.6 is 36.4 Å². The molecule has 1 aliphatic rings. The molecular weight excluding hydrogens is 411 g/mol. The van der Waals surface area contributed by atoms with Gasteiger partial charge in [-0.15, -0.1) is 35.0 Å². The van der Waals surface area contributed by atoms with Crippen LogP contribution in [-0.2, 0) is 0 Å². The highest BCUT2D eigenvalue weighted by molar-refractivity contribution is 6.32. The summed E-state index contributed by atoms with van der Waals surface area (Å²) in [6.45, 7) is 0.628. The molecule has 0 spiro atoms. The van der Waals surface area contributed by atoms with Gasteiger partial charge in [0.05, 0.1) is 11.7 Å². The summed E-state index contributed by atoms with van der Waals surface area (Å²) in [5, 5.41) is 17.7. The molecule has 2 aromatic heterocycles. The molecule has 1 fully saturated rings. The van der Waals surface area contributed by atoms with Crippen molar-refractivity contribution in [1.82, 2.24) is 30.9 Å². The molecule has 7 nitrogen and oxygen atoms in total. The maximum absolute atomic E-state index is 6.28. The first kappa shape index (κ1) is 21.4. The van der Waals surface area contributed by atoms with Gasteiger partial charge >= 0.3 is 0 Å². The molecule has 0 atom stereocenters. The van der Waals surface area contributed by atoms with Crippen LogP contribution in [0.1, 0.15) is 12.8 Å². The second-order valence-corrected chi connectivity index (χ2v) is 6.50. The van der Waals surface area contributed by atoms with Gasteiger partial charge in [0.15, 0.2) is 0 Å². The van der Waals surface area contributed by atoms with Crippen molar-refractivity contribution in [1.29, 1.82) is 0 Å². The zero-order chi connectivity index (χ0) is 17.3. The fourth-order valence-corrected chi connectivity index (χ4v) is 2.84. The summed E-state index contributed by atoms with van der Waals surface area (Å²) < 4.78 is 5.91. The molecule has 27 heavy (non-hydrogen) atoms. The normalized spacial score (nSPS) is 14.0. The second-order valence-electron chi connectivity index (χ2n) is 6.14. The van der Waals surface area contributed by atoms with Gasteiger partial charge in [0.25, 0.3) is 0 Å². The summed E-state index contributed by atoms with van der Waals surface area (Å²) in [4.78, 5) is 4.26. The van der Waals surface area contributed by atoms with E-state index in [0.29, 0.717) is 23.3 Å². The molecule has 0 saturated heterocycles. The summed E-state index contributed by atoms with van der Waals surface area (Å²) in [6.07, 6.45) is 3.93. The predicted molar refractivity (Wildman–Crippen MR) is 109 cm³/mol. The first-order chi connectivity index (χ1) is 12.2. The van der Waals surface area contributed by atoms with Crippen molar-refractivity contribution in [2.24, 2.45) is 0 Å². The Kier molecular flexibility index (Phi) is 7.00. The van der Waals surface area contributed by atoms with Crippen LogP contribution in [0.15, 0.2) is 36.5 Å². The van der Waals surface area contributed by atoms with E-state index in [9.17, 15) is 0 Å². The first-order valence-electron chi connectivity index (χ1n) is 8.01. The third-order valence-corrected chi connectivity index (χ3v) is 4.81. The summed E-state index contributed by atoms with van der Waals surface area (Å²) in [5.41, 5.74) is 2.77. The minimum atomic E-state index is 0. The standard InChI is InChI=1S/C17H17ClN6O.2ClH/c1-19-17(6-7-17)10-25-13-8-14(15(18)20-9-13)11-2-4-12(5-3-11)16-21-23-24-22-16;;/h2-5,8-9,19H,6-7,10H2,1H3,(H,21,22,23,24);2*1H. The molecule has 0 aliphatic heterocycles. The van der Waals surface area contributed by atoms with Crippen molar-refractivity contribution in [3.8, 4) is 28.3 Å². The number of rotatable bonds is 6. The van der Waals surface area contributed by atoms with E-state index in [-0.39, 0.29) is 30.4 Å². The highest BCUT2D eigenvalue weighted by Crippen LogP contribution is 2.36. The Labute approximate surface area is 174 Å². The topological polar surface area (TPSA) is 88.6 Å². The van der Waals surface area contributed by atoms with Gasteiger partial charge in [-0.2, -0.15) is 5.21 Å². The molecule has 144 valence electrons. The lowest BCUT2D eigenvalue weighted by molar-refractivity contribution is 0.259. The lowest BCUT2D eigenvalue weighted by Crippen LogP contribution is -2.33. The van der Waals surface area contributed by atoms with E-state index in [1.165, 1.54) is 0 Å². The van der Waals surface area contributed by atoms with Crippen molar-refractivity contribution in [3.63, 3.8) is 0 Å². The van der Waals surface area contributed by atoms with E-state index in [1.807, 2.05) is 37.4 Å². The molecule has 1 aromatic carbocycles. The highest BCUT2D eigenvalue weighted by Gasteiger charge is 2.41. The SMILES string of the molecule is CNC1(COc2cnc(Cl)c(-c3ccc(-c4nn[nH]n4)cc3)c2)CC1.Cl.Cl. The smallest absolute Gasteiger partial charge is 0.204 e. The average Bonchev–Trinajstić information content (AvgIpc) is 3.23. The van der Waals surface area contributed by atoms with Crippen LogP contribution < -0.4 is 10.1 Å². The Bertz CT molecular complexity index is 869. The van der Waals surface area contributed by atoms with E-state index in [1.54, 1.807) is 6.20 Å². The van der Waals surface area contributed by atoms with Crippen LogP contribution in [-0.4, -0.2) is 44.8 Å². The van der Waals surface area contributed by atoms with Gasteiger partial charge in [-0.1, -0.05) is 35.9 Å². The molecule has 10 heteroatoms. The van der Waals surface area contributed by atoms with Crippen LogP contribution in [0.4, 0.5) is 0 Å². The second kappa shape index (κ2) is 8.84. The maximum atomic E-state index is 6.28. The Morgan fingerprint density at radius 3 is 2.48 bits per heavy atom. The van der Waals surface area contributed by atoms with Crippen molar-refractivity contribution >= 4 is 36.4 Å². The van der Waals surface area contributed by atoms with E-state index < -0.39 is 0 Å². The largest absolute Gasteiger partial charge is 0.490 e. The number of halogens is 3. The zero-order valence-corrected chi connectivity index (χ0v) is 16.9. The molecule has 3 aromatic rings. The Balaban J connectivity index is 0.00000131. The summed E-state index contributed by atoms with van der Waals surface area (Å²) in [5.74, 6) is 1.26. The molecule has 2 heterocycles. The molecule has 0 bridgehead atoms. The minimum Gasteiger partial charge on any atom is -0.490 e. The van der Waals surface area contributed by atoms with Gasteiger partial charge < -0.3 is 10.1 Å². The molecule has 0 amide bonds.